The third-order valence-corrected chi connectivity index (χ3v) is 5.78. The largest absolute Gasteiger partial charge is 0.478 e. The molecule has 3 rings (SSSR count). The number of thiocarbonyl (C=S) groups is 1. The number of nitrogens with one attached hydrogen (secondary N) is 1. The maximum Gasteiger partial charge on any atom is 0.335 e. The molecule has 0 bridgehead atoms. The Labute approximate surface area is 189 Å². The van der Waals surface area contributed by atoms with Crippen LogP contribution in [0.5, 0.6) is 0 Å². The first kappa shape index (κ1) is 22.5. The average molecular weight is 453 g/mol. The summed E-state index contributed by atoms with van der Waals surface area (Å²) in [7, 11) is 0. The summed E-state index contributed by atoms with van der Waals surface area (Å²) in [5, 5.41) is 11.6. The fraction of sp³-hybridized carbons (Fsp3) is 0.130. The lowest BCUT2D eigenvalue weighted by Crippen LogP contribution is -2.31. The van der Waals surface area contributed by atoms with E-state index in [0.717, 1.165) is 11.1 Å². The Hall–Kier alpha value is -3.23. The van der Waals surface area contributed by atoms with Gasteiger partial charge < -0.3 is 10.4 Å². The molecule has 2 amide bonds. The Balaban J connectivity index is 1.57. The molecule has 158 valence electrons. The van der Waals surface area contributed by atoms with Gasteiger partial charge in [0.25, 0.3) is 5.91 Å². The molecule has 1 aliphatic rings. The zero-order chi connectivity index (χ0) is 22.4. The molecule has 0 unspecified atom stereocenters. The smallest absolute Gasteiger partial charge is 0.335 e. The summed E-state index contributed by atoms with van der Waals surface area (Å²) in [5.41, 5.74) is 2.59. The number of thioether (sulfide) groups is 1. The van der Waals surface area contributed by atoms with E-state index in [1.165, 1.54) is 40.9 Å². The number of hydrogen-bond acceptors (Lipinski definition) is 5. The number of carbonyl (C=O) groups excluding carboxylic acids is 2. The minimum atomic E-state index is -1.03. The first-order valence-corrected chi connectivity index (χ1v) is 10.7. The van der Waals surface area contributed by atoms with Crippen molar-refractivity contribution >= 4 is 57.8 Å². The summed E-state index contributed by atoms with van der Waals surface area (Å²) in [4.78, 5) is 37.8. The molecule has 1 fully saturated rings. The summed E-state index contributed by atoms with van der Waals surface area (Å²) in [6.07, 6.45) is 3.85. The second-order valence-corrected chi connectivity index (χ2v) is 8.49. The van der Waals surface area contributed by atoms with Gasteiger partial charge in [-0.05, 0) is 48.4 Å². The Morgan fingerprint density at radius 2 is 1.81 bits per heavy atom. The van der Waals surface area contributed by atoms with Crippen molar-refractivity contribution in [3.05, 3.63) is 82.3 Å². The van der Waals surface area contributed by atoms with Crippen LogP contribution in [-0.2, 0) is 9.59 Å². The zero-order valence-corrected chi connectivity index (χ0v) is 18.3. The third kappa shape index (κ3) is 6.13. The Morgan fingerprint density at radius 1 is 1.13 bits per heavy atom. The monoisotopic (exact) mass is 452 g/mol. The molecule has 1 aliphatic heterocycles. The molecule has 2 aromatic carbocycles. The number of allylic oxidation sites excluding steroid dienone is 2. The van der Waals surface area contributed by atoms with E-state index in [9.17, 15) is 14.4 Å². The quantitative estimate of drug-likeness (QED) is 0.473. The van der Waals surface area contributed by atoms with Crippen molar-refractivity contribution in [3.63, 3.8) is 0 Å². The van der Waals surface area contributed by atoms with Crippen LogP contribution in [0, 0.1) is 0 Å². The first-order valence-electron chi connectivity index (χ1n) is 9.45. The molecule has 0 aliphatic carbocycles. The lowest BCUT2D eigenvalue weighted by atomic mass is 10.1. The highest BCUT2D eigenvalue weighted by Crippen LogP contribution is 2.32. The number of nitrogens with zero attached hydrogens (tertiary/aromatic N) is 1. The van der Waals surface area contributed by atoms with E-state index in [4.69, 9.17) is 17.3 Å². The van der Waals surface area contributed by atoms with Crippen LogP contribution in [0.2, 0.25) is 0 Å². The van der Waals surface area contributed by atoms with Crippen LogP contribution in [0.1, 0.15) is 29.3 Å². The van der Waals surface area contributed by atoms with Gasteiger partial charge in [-0.25, -0.2) is 4.79 Å². The number of benzene rings is 2. The number of carboxylic acid groups (broad SMARTS) is 1. The number of anilines is 1. The van der Waals surface area contributed by atoms with Crippen molar-refractivity contribution in [3.8, 4) is 0 Å². The summed E-state index contributed by atoms with van der Waals surface area (Å²) in [6, 6.07) is 15.7. The normalized spacial score (nSPS) is 15.5. The topological polar surface area (TPSA) is 86.7 Å². The van der Waals surface area contributed by atoms with Gasteiger partial charge in [0.1, 0.15) is 4.32 Å². The molecule has 0 atom stereocenters. The predicted molar refractivity (Wildman–Crippen MR) is 127 cm³/mol. The molecule has 1 saturated heterocycles. The standard InChI is InChI=1S/C23H20N2O4S2/c1-15(13-16-5-3-2-4-6-16)14-19-21(27)25(23(30)31-19)12-11-20(26)24-18-9-7-17(8-10-18)22(28)29/h2-10,13-14H,11-12H2,1H3,(H,24,26)(H,28,29)/b15-13-,19-14-. The molecule has 2 aromatic rings. The zero-order valence-electron chi connectivity index (χ0n) is 16.7. The fourth-order valence-electron chi connectivity index (χ4n) is 2.89. The maximum atomic E-state index is 12.7. The van der Waals surface area contributed by atoms with E-state index >= 15 is 0 Å². The Kier molecular flexibility index (Phi) is 7.38. The molecule has 0 spiro atoms. The molecule has 0 saturated carbocycles. The van der Waals surface area contributed by atoms with Gasteiger partial charge in [0.2, 0.25) is 5.91 Å². The van der Waals surface area contributed by atoms with E-state index in [0.29, 0.717) is 14.9 Å². The van der Waals surface area contributed by atoms with Crippen molar-refractivity contribution in [1.29, 1.82) is 0 Å². The number of carbonyl (C=O) groups is 3. The summed E-state index contributed by atoms with van der Waals surface area (Å²) in [6.45, 7) is 2.09. The molecule has 0 radical (unpaired) electrons. The maximum absolute atomic E-state index is 12.7. The molecular weight excluding hydrogens is 432 g/mol. The van der Waals surface area contributed by atoms with Gasteiger partial charge in [-0.3, -0.25) is 14.5 Å². The highest BCUT2D eigenvalue weighted by Gasteiger charge is 2.32. The van der Waals surface area contributed by atoms with E-state index in [1.807, 2.05) is 43.3 Å². The molecule has 6 nitrogen and oxygen atoms in total. The van der Waals surface area contributed by atoms with Gasteiger partial charge in [0.15, 0.2) is 0 Å². The number of rotatable bonds is 7. The molecule has 2 N–H and O–H groups in total. The van der Waals surface area contributed by atoms with Crippen molar-refractivity contribution in [2.24, 2.45) is 0 Å². The minimum Gasteiger partial charge on any atom is -0.478 e. The lowest BCUT2D eigenvalue weighted by Gasteiger charge is -2.14. The van der Waals surface area contributed by atoms with Crippen molar-refractivity contribution in [2.45, 2.75) is 13.3 Å². The van der Waals surface area contributed by atoms with Gasteiger partial charge in [0, 0.05) is 18.7 Å². The van der Waals surface area contributed by atoms with Crippen LogP contribution in [0.4, 0.5) is 5.69 Å². The highest BCUT2D eigenvalue weighted by atomic mass is 32.2. The highest BCUT2D eigenvalue weighted by molar-refractivity contribution is 8.26. The van der Waals surface area contributed by atoms with Crippen LogP contribution < -0.4 is 5.32 Å². The number of hydrogen-bond donors (Lipinski definition) is 2. The van der Waals surface area contributed by atoms with Crippen LogP contribution in [0.15, 0.2) is 71.2 Å². The van der Waals surface area contributed by atoms with Gasteiger partial charge >= 0.3 is 5.97 Å². The second-order valence-electron chi connectivity index (χ2n) is 6.81. The third-order valence-electron chi connectivity index (χ3n) is 4.40. The SMILES string of the molecule is CC(=C/c1ccccc1)/C=C1\SC(=S)N(CCC(=O)Nc2ccc(C(=O)O)cc2)C1=O. The van der Waals surface area contributed by atoms with E-state index in [1.54, 1.807) is 6.08 Å². The van der Waals surface area contributed by atoms with Crippen LogP contribution >= 0.6 is 24.0 Å². The van der Waals surface area contributed by atoms with Crippen molar-refractivity contribution < 1.29 is 19.5 Å². The van der Waals surface area contributed by atoms with Crippen LogP contribution in [-0.4, -0.2) is 38.7 Å². The van der Waals surface area contributed by atoms with E-state index in [2.05, 4.69) is 5.32 Å². The number of carboxylic acids is 1. The van der Waals surface area contributed by atoms with Gasteiger partial charge in [-0.2, -0.15) is 0 Å². The minimum absolute atomic E-state index is 0.0687. The molecule has 31 heavy (non-hydrogen) atoms. The number of aromatic carboxylic acids is 1. The second kappa shape index (κ2) is 10.2. The van der Waals surface area contributed by atoms with E-state index in [-0.39, 0.29) is 30.3 Å². The summed E-state index contributed by atoms with van der Waals surface area (Å²) >= 11 is 6.54. The fourth-order valence-corrected chi connectivity index (χ4v) is 4.24. The van der Waals surface area contributed by atoms with Crippen molar-refractivity contribution in [1.82, 2.24) is 4.90 Å². The van der Waals surface area contributed by atoms with Crippen LogP contribution in [0.25, 0.3) is 6.08 Å². The Morgan fingerprint density at radius 3 is 2.45 bits per heavy atom. The predicted octanol–water partition coefficient (Wildman–Crippen LogP) is 4.56. The first-order chi connectivity index (χ1) is 14.8. The van der Waals surface area contributed by atoms with Gasteiger partial charge in [-0.15, -0.1) is 0 Å². The Bertz CT molecular complexity index is 1080. The van der Waals surface area contributed by atoms with Crippen LogP contribution in [0.3, 0.4) is 0 Å². The molecule has 0 aromatic heterocycles. The lowest BCUT2D eigenvalue weighted by molar-refractivity contribution is -0.122. The van der Waals surface area contributed by atoms with Gasteiger partial charge in [0.05, 0.1) is 10.5 Å². The summed E-state index contributed by atoms with van der Waals surface area (Å²) < 4.78 is 0.419. The van der Waals surface area contributed by atoms with E-state index < -0.39 is 5.97 Å². The van der Waals surface area contributed by atoms with Crippen molar-refractivity contribution in [2.75, 3.05) is 11.9 Å². The number of amides is 2. The molecule has 1 heterocycles. The summed E-state index contributed by atoms with van der Waals surface area (Å²) in [5.74, 6) is -1.54. The molecular formula is C23H20N2O4S2. The van der Waals surface area contributed by atoms with Gasteiger partial charge in [-0.1, -0.05) is 60.4 Å². The molecule has 8 heteroatoms. The average Bonchev–Trinajstić information content (AvgIpc) is 3.00.